The van der Waals surface area contributed by atoms with E-state index in [0.717, 1.165) is 18.3 Å². The minimum absolute atomic E-state index is 0.00102. The smallest absolute Gasteiger partial charge is 0.331 e. The second kappa shape index (κ2) is 13.1. The molecule has 0 unspecified atom stereocenters. The second-order valence-electron chi connectivity index (χ2n) is 16.2. The molecule has 15 nitrogen and oxygen atoms in total. The Bertz CT molecular complexity index is 1340. The van der Waals surface area contributed by atoms with Crippen molar-refractivity contribution < 1.29 is 74.1 Å². The molecule has 0 radical (unpaired) electrons. The highest BCUT2D eigenvalue weighted by Crippen LogP contribution is 2.70. The summed E-state index contributed by atoms with van der Waals surface area (Å²) < 4.78 is 28.4. The van der Waals surface area contributed by atoms with E-state index in [9.17, 15) is 50.4 Å². The maximum Gasteiger partial charge on any atom is 0.331 e. The lowest BCUT2D eigenvalue weighted by Gasteiger charge is -2.65. The van der Waals surface area contributed by atoms with Crippen molar-refractivity contribution in [2.24, 2.45) is 28.6 Å². The minimum Gasteiger partial charge on any atom is -0.458 e. The first-order valence-electron chi connectivity index (χ1n) is 18.0. The number of hydrogen-bond acceptors (Lipinski definition) is 15. The van der Waals surface area contributed by atoms with Crippen molar-refractivity contribution in [3.63, 3.8) is 0 Å². The van der Waals surface area contributed by atoms with Crippen LogP contribution in [0.5, 0.6) is 0 Å². The Hall–Kier alpha value is -1.60. The SMILES string of the molecule is C[C@@H]1O[C@@H](O[C@H]2CC[C@]3(C=O)[C@H]4CC[C@]5(C)[C@@H](C6=CC(=O)OC6)CC[C@]5(O)[C@@H]4CC[C@@]3(O)C2)[C@H](O)[C@H](O)[C@H]1O[C@@H]1O[C@H](CO)[C@@H](O)[C@H](O)[C@H]1O. The summed E-state index contributed by atoms with van der Waals surface area (Å²) in [5.41, 5.74) is -3.20. The molecule has 4 saturated carbocycles. The molecule has 0 bridgehead atoms. The molecule has 3 heterocycles. The molecule has 0 aromatic carbocycles. The Labute approximate surface area is 290 Å². The van der Waals surface area contributed by atoms with E-state index in [2.05, 4.69) is 6.92 Å². The number of carbonyl (C=O) groups is 2. The number of fused-ring (bicyclic) bond motifs is 5. The number of esters is 1. The van der Waals surface area contributed by atoms with Crippen LogP contribution in [-0.2, 0) is 33.3 Å². The summed E-state index contributed by atoms with van der Waals surface area (Å²) in [5, 5.41) is 87.0. The number of aliphatic hydroxyl groups is 8. The summed E-state index contributed by atoms with van der Waals surface area (Å²) in [6, 6.07) is 0. The molecule has 2 saturated heterocycles. The number of carbonyl (C=O) groups excluding carboxylic acids is 2. The van der Waals surface area contributed by atoms with Gasteiger partial charge in [-0.25, -0.2) is 4.79 Å². The van der Waals surface area contributed by atoms with E-state index in [-0.39, 0.29) is 43.2 Å². The van der Waals surface area contributed by atoms with Crippen LogP contribution in [0.4, 0.5) is 0 Å². The van der Waals surface area contributed by atoms with Crippen molar-refractivity contribution in [1.29, 1.82) is 0 Å². The Morgan fingerprint density at radius 1 is 0.860 bits per heavy atom. The number of ether oxygens (including phenoxy) is 5. The fourth-order valence-corrected chi connectivity index (χ4v) is 11.3. The van der Waals surface area contributed by atoms with Crippen LogP contribution in [0.1, 0.15) is 71.6 Å². The highest BCUT2D eigenvalue weighted by molar-refractivity contribution is 5.85. The second-order valence-corrected chi connectivity index (χ2v) is 16.2. The molecule has 7 rings (SSSR count). The third-order valence-electron chi connectivity index (χ3n) is 14.1. The molecule has 0 spiro atoms. The molecular weight excluding hydrogens is 660 g/mol. The van der Waals surface area contributed by atoms with Crippen molar-refractivity contribution >= 4 is 12.3 Å². The van der Waals surface area contributed by atoms with E-state index in [1.54, 1.807) is 13.0 Å². The van der Waals surface area contributed by atoms with Gasteiger partial charge in [0.2, 0.25) is 0 Å². The lowest BCUT2D eigenvalue weighted by atomic mass is 9.41. The first kappa shape index (κ1) is 36.7. The zero-order chi connectivity index (χ0) is 36.0. The standard InChI is InChI=1S/C35H52O15/c1-16-29(50-31-27(42)25(40)24(39)22(13-36)49-31)26(41)28(43)30(47-16)48-18-3-8-33(15-37)20-4-7-32(2)19(17-11-23(38)46-14-17)6-10-35(32,45)21(20)5-9-34(33,44)12-18/h11,15-16,18-22,24-31,36,39-45H,3-10,12-14H2,1-2H3/t16-,18-,19+,20-,21+,22+,24+,25-,26-,27+,28+,29-,30-,31-,32+,33-,34+,35-/m0/s1. The lowest BCUT2D eigenvalue weighted by Crippen LogP contribution is -2.69. The molecule has 282 valence electrons. The van der Waals surface area contributed by atoms with Crippen molar-refractivity contribution in [2.45, 2.75) is 150 Å². The van der Waals surface area contributed by atoms with E-state index in [1.807, 2.05) is 0 Å². The van der Waals surface area contributed by atoms with Crippen LogP contribution in [0, 0.1) is 28.6 Å². The first-order chi connectivity index (χ1) is 23.6. The number of aldehydes is 1. The van der Waals surface area contributed by atoms with Crippen LogP contribution in [0.2, 0.25) is 0 Å². The van der Waals surface area contributed by atoms with Crippen molar-refractivity contribution in [2.75, 3.05) is 13.2 Å². The van der Waals surface area contributed by atoms with Crippen LogP contribution in [0.3, 0.4) is 0 Å². The van der Waals surface area contributed by atoms with Gasteiger partial charge >= 0.3 is 5.97 Å². The highest BCUT2D eigenvalue weighted by Gasteiger charge is 2.71. The van der Waals surface area contributed by atoms with Crippen LogP contribution < -0.4 is 0 Å². The van der Waals surface area contributed by atoms with E-state index < -0.39 is 96.2 Å². The molecule has 4 aliphatic carbocycles. The molecule has 0 aromatic heterocycles. The summed E-state index contributed by atoms with van der Waals surface area (Å²) in [7, 11) is 0. The van der Waals surface area contributed by atoms with Gasteiger partial charge in [0.1, 0.15) is 55.6 Å². The van der Waals surface area contributed by atoms with Gasteiger partial charge in [-0.05, 0) is 81.6 Å². The van der Waals surface area contributed by atoms with Gasteiger partial charge in [-0.1, -0.05) is 6.92 Å². The zero-order valence-electron chi connectivity index (χ0n) is 28.5. The topological polar surface area (TPSA) is 242 Å². The Kier molecular flexibility index (Phi) is 9.60. The maximum absolute atomic E-state index is 13.2. The van der Waals surface area contributed by atoms with Crippen molar-refractivity contribution in [3.05, 3.63) is 11.6 Å². The van der Waals surface area contributed by atoms with E-state index in [0.29, 0.717) is 38.5 Å². The van der Waals surface area contributed by atoms with Gasteiger partial charge in [0.15, 0.2) is 12.6 Å². The quantitative estimate of drug-likeness (QED) is 0.0858. The molecule has 6 fully saturated rings. The molecule has 18 atom stereocenters. The van der Waals surface area contributed by atoms with Gasteiger partial charge in [-0.2, -0.15) is 0 Å². The van der Waals surface area contributed by atoms with E-state index in [1.165, 1.54) is 0 Å². The predicted molar refractivity (Wildman–Crippen MR) is 167 cm³/mol. The third-order valence-corrected chi connectivity index (χ3v) is 14.1. The molecule has 8 N–H and O–H groups in total. The van der Waals surface area contributed by atoms with Gasteiger partial charge in [-0.3, -0.25) is 0 Å². The molecular formula is C35H52O15. The number of rotatable bonds is 7. The Morgan fingerprint density at radius 2 is 1.56 bits per heavy atom. The van der Waals surface area contributed by atoms with Crippen molar-refractivity contribution in [1.82, 2.24) is 0 Å². The zero-order valence-corrected chi connectivity index (χ0v) is 28.5. The molecule has 0 amide bonds. The molecule has 7 aliphatic rings. The first-order valence-corrected chi connectivity index (χ1v) is 18.0. The van der Waals surface area contributed by atoms with Gasteiger partial charge in [0, 0.05) is 17.9 Å². The third kappa shape index (κ3) is 5.37. The average Bonchev–Trinajstić information content (AvgIpc) is 3.64. The number of aliphatic hydroxyl groups excluding tert-OH is 6. The fourth-order valence-electron chi connectivity index (χ4n) is 11.3. The molecule has 15 heteroatoms. The van der Waals surface area contributed by atoms with Gasteiger partial charge in [0.25, 0.3) is 0 Å². The van der Waals surface area contributed by atoms with Crippen molar-refractivity contribution in [3.8, 4) is 0 Å². The van der Waals surface area contributed by atoms with Gasteiger partial charge in [0.05, 0.1) is 35.4 Å². The number of hydrogen-bond donors (Lipinski definition) is 8. The maximum atomic E-state index is 13.2. The minimum atomic E-state index is -1.71. The lowest BCUT2D eigenvalue weighted by molar-refractivity contribution is -0.361. The predicted octanol–water partition coefficient (Wildman–Crippen LogP) is -1.43. The normalized spacial score (nSPS) is 55.0. The molecule has 0 aromatic rings. The summed E-state index contributed by atoms with van der Waals surface area (Å²) in [6.45, 7) is 3.22. The summed E-state index contributed by atoms with van der Waals surface area (Å²) in [6.07, 6.45) is -8.63. The Balaban J connectivity index is 1.02. The largest absolute Gasteiger partial charge is 0.458 e. The van der Waals surface area contributed by atoms with Gasteiger partial charge < -0.3 is 69.3 Å². The van der Waals surface area contributed by atoms with Crippen LogP contribution in [-0.4, -0.2) is 145 Å². The average molecular weight is 713 g/mol. The molecule has 3 aliphatic heterocycles. The van der Waals surface area contributed by atoms with E-state index in [4.69, 9.17) is 23.7 Å². The fraction of sp³-hybridized carbons (Fsp3) is 0.886. The Morgan fingerprint density at radius 3 is 2.24 bits per heavy atom. The molecule has 50 heavy (non-hydrogen) atoms. The van der Waals surface area contributed by atoms with Gasteiger partial charge in [-0.15, -0.1) is 0 Å². The van der Waals surface area contributed by atoms with E-state index >= 15 is 0 Å². The van der Waals surface area contributed by atoms with Crippen LogP contribution in [0.15, 0.2) is 11.6 Å². The van der Waals surface area contributed by atoms with Crippen LogP contribution >= 0.6 is 0 Å². The summed E-state index contributed by atoms with van der Waals surface area (Å²) in [5.74, 6) is -0.830. The monoisotopic (exact) mass is 712 g/mol. The number of cyclic esters (lactones) is 1. The summed E-state index contributed by atoms with van der Waals surface area (Å²) >= 11 is 0. The highest BCUT2D eigenvalue weighted by atomic mass is 16.7. The van der Waals surface area contributed by atoms with Crippen LogP contribution in [0.25, 0.3) is 0 Å². The summed E-state index contributed by atoms with van der Waals surface area (Å²) in [4.78, 5) is 25.1.